The van der Waals surface area contributed by atoms with E-state index in [1.807, 2.05) is 0 Å². The number of alkyl halides is 2. The van der Waals surface area contributed by atoms with Crippen LogP contribution in [0, 0.1) is 5.92 Å². The molecule has 0 aliphatic heterocycles. The lowest BCUT2D eigenvalue weighted by molar-refractivity contribution is 0.0561. The van der Waals surface area contributed by atoms with Crippen LogP contribution in [0.3, 0.4) is 0 Å². The monoisotopic (exact) mass is 202 g/mol. The standard InChI is InChI=1S/C10H16F2N2/c1-3-4-8(2)7-9-5-6-14(13-9)10(11)12/h5-6,8,10H,3-4,7H2,1-2H3. The average Bonchev–Trinajstić information content (AvgIpc) is 2.53. The molecular weight excluding hydrogens is 186 g/mol. The van der Waals surface area contributed by atoms with E-state index in [-0.39, 0.29) is 0 Å². The Bertz CT molecular complexity index is 271. The lowest BCUT2D eigenvalue weighted by atomic mass is 10.0. The molecule has 1 rings (SSSR count). The largest absolute Gasteiger partial charge is 0.333 e. The maximum atomic E-state index is 12.2. The molecule has 0 amide bonds. The van der Waals surface area contributed by atoms with Crippen LogP contribution < -0.4 is 0 Å². The lowest BCUT2D eigenvalue weighted by Crippen LogP contribution is -2.03. The van der Waals surface area contributed by atoms with Gasteiger partial charge in [0.15, 0.2) is 0 Å². The topological polar surface area (TPSA) is 17.8 Å². The molecule has 1 aromatic rings. The van der Waals surface area contributed by atoms with Crippen molar-refractivity contribution in [1.82, 2.24) is 9.78 Å². The SMILES string of the molecule is CCCC(C)Cc1ccn(C(F)F)n1. The van der Waals surface area contributed by atoms with E-state index in [0.29, 0.717) is 10.6 Å². The van der Waals surface area contributed by atoms with Gasteiger partial charge in [0.2, 0.25) is 0 Å². The van der Waals surface area contributed by atoms with Gasteiger partial charge in [-0.3, -0.25) is 0 Å². The molecule has 0 N–H and O–H groups in total. The lowest BCUT2D eigenvalue weighted by Gasteiger charge is -2.06. The summed E-state index contributed by atoms with van der Waals surface area (Å²) >= 11 is 0. The Morgan fingerprint density at radius 3 is 2.71 bits per heavy atom. The zero-order valence-corrected chi connectivity index (χ0v) is 8.58. The predicted molar refractivity (Wildman–Crippen MR) is 51.3 cm³/mol. The molecule has 1 heterocycles. The zero-order chi connectivity index (χ0) is 10.6. The predicted octanol–water partition coefficient (Wildman–Crippen LogP) is 3.26. The molecule has 0 saturated heterocycles. The molecule has 14 heavy (non-hydrogen) atoms. The summed E-state index contributed by atoms with van der Waals surface area (Å²) in [5.41, 5.74) is 0.756. The maximum Gasteiger partial charge on any atom is 0.333 e. The first-order chi connectivity index (χ1) is 6.63. The van der Waals surface area contributed by atoms with E-state index in [1.165, 1.54) is 6.20 Å². The van der Waals surface area contributed by atoms with Crippen LogP contribution in [0.5, 0.6) is 0 Å². The fraction of sp³-hybridized carbons (Fsp3) is 0.700. The van der Waals surface area contributed by atoms with Crippen LogP contribution in [0.25, 0.3) is 0 Å². The summed E-state index contributed by atoms with van der Waals surface area (Å²) in [6.07, 6.45) is 4.35. The molecule has 1 atom stereocenters. The maximum absolute atomic E-state index is 12.2. The minimum absolute atomic E-state index is 0.515. The number of aromatic nitrogens is 2. The van der Waals surface area contributed by atoms with E-state index in [1.54, 1.807) is 6.07 Å². The molecule has 80 valence electrons. The molecule has 0 aromatic carbocycles. The van der Waals surface area contributed by atoms with E-state index in [4.69, 9.17) is 0 Å². The first kappa shape index (κ1) is 11.1. The van der Waals surface area contributed by atoms with Crippen LogP contribution in [0.15, 0.2) is 12.3 Å². The third-order valence-electron chi connectivity index (χ3n) is 2.20. The van der Waals surface area contributed by atoms with Crippen LogP contribution in [0.4, 0.5) is 8.78 Å². The molecule has 0 radical (unpaired) electrons. The summed E-state index contributed by atoms with van der Waals surface area (Å²) in [7, 11) is 0. The number of halogens is 2. The van der Waals surface area contributed by atoms with E-state index in [0.717, 1.165) is 25.0 Å². The molecule has 1 aromatic heterocycles. The van der Waals surface area contributed by atoms with Crippen molar-refractivity contribution in [3.63, 3.8) is 0 Å². The van der Waals surface area contributed by atoms with Crippen molar-refractivity contribution in [2.24, 2.45) is 5.92 Å². The Balaban J connectivity index is 2.51. The second-order valence-electron chi connectivity index (χ2n) is 3.66. The molecule has 0 aliphatic rings. The summed E-state index contributed by atoms with van der Waals surface area (Å²) < 4.78 is 25.0. The smallest absolute Gasteiger partial charge is 0.211 e. The molecular formula is C10H16F2N2. The van der Waals surface area contributed by atoms with Gasteiger partial charge in [0.25, 0.3) is 0 Å². The van der Waals surface area contributed by atoms with Gasteiger partial charge in [-0.15, -0.1) is 0 Å². The highest BCUT2D eigenvalue weighted by Crippen LogP contribution is 2.14. The first-order valence-corrected chi connectivity index (χ1v) is 4.95. The van der Waals surface area contributed by atoms with Crippen molar-refractivity contribution in [3.8, 4) is 0 Å². The van der Waals surface area contributed by atoms with Gasteiger partial charge in [0, 0.05) is 6.20 Å². The Kier molecular flexibility index (Phi) is 4.04. The highest BCUT2D eigenvalue weighted by atomic mass is 19.3. The highest BCUT2D eigenvalue weighted by Gasteiger charge is 2.09. The third-order valence-corrected chi connectivity index (χ3v) is 2.20. The molecule has 1 unspecified atom stereocenters. The van der Waals surface area contributed by atoms with Gasteiger partial charge in [0.1, 0.15) is 0 Å². The summed E-state index contributed by atoms with van der Waals surface area (Å²) in [4.78, 5) is 0. The number of nitrogens with zero attached hydrogens (tertiary/aromatic N) is 2. The molecule has 2 nitrogen and oxygen atoms in total. The Morgan fingerprint density at radius 1 is 1.50 bits per heavy atom. The minimum Gasteiger partial charge on any atom is -0.211 e. The summed E-state index contributed by atoms with van der Waals surface area (Å²) in [6.45, 7) is 1.71. The van der Waals surface area contributed by atoms with E-state index in [2.05, 4.69) is 18.9 Å². The van der Waals surface area contributed by atoms with Gasteiger partial charge in [-0.2, -0.15) is 13.9 Å². The van der Waals surface area contributed by atoms with Crippen molar-refractivity contribution >= 4 is 0 Å². The van der Waals surface area contributed by atoms with Crippen LogP contribution in [0.2, 0.25) is 0 Å². The summed E-state index contributed by atoms with van der Waals surface area (Å²) in [6, 6.07) is 1.66. The minimum atomic E-state index is -2.52. The third kappa shape index (κ3) is 3.09. The van der Waals surface area contributed by atoms with Gasteiger partial charge in [0.05, 0.1) is 5.69 Å². The zero-order valence-electron chi connectivity index (χ0n) is 8.58. The van der Waals surface area contributed by atoms with Crippen LogP contribution in [0.1, 0.15) is 38.9 Å². The van der Waals surface area contributed by atoms with Gasteiger partial charge in [-0.25, -0.2) is 4.68 Å². The molecule has 4 heteroatoms. The van der Waals surface area contributed by atoms with E-state index >= 15 is 0 Å². The summed E-state index contributed by atoms with van der Waals surface area (Å²) in [5.74, 6) is 0.515. The fourth-order valence-corrected chi connectivity index (χ4v) is 1.55. The molecule has 0 bridgehead atoms. The molecule has 0 fully saturated rings. The van der Waals surface area contributed by atoms with Crippen molar-refractivity contribution in [2.75, 3.05) is 0 Å². The average molecular weight is 202 g/mol. The Labute approximate surface area is 82.9 Å². The van der Waals surface area contributed by atoms with Crippen molar-refractivity contribution in [1.29, 1.82) is 0 Å². The van der Waals surface area contributed by atoms with Crippen molar-refractivity contribution in [3.05, 3.63) is 18.0 Å². The van der Waals surface area contributed by atoms with Crippen LogP contribution in [-0.4, -0.2) is 9.78 Å². The normalized spacial score (nSPS) is 13.5. The highest BCUT2D eigenvalue weighted by molar-refractivity contribution is 4.99. The van der Waals surface area contributed by atoms with E-state index < -0.39 is 6.55 Å². The van der Waals surface area contributed by atoms with Gasteiger partial charge in [-0.1, -0.05) is 26.7 Å². The Hall–Kier alpha value is -0.930. The second-order valence-corrected chi connectivity index (χ2v) is 3.66. The second kappa shape index (κ2) is 5.08. The van der Waals surface area contributed by atoms with E-state index in [9.17, 15) is 8.78 Å². The quantitative estimate of drug-likeness (QED) is 0.716. The van der Waals surface area contributed by atoms with Crippen molar-refractivity contribution < 1.29 is 8.78 Å². The van der Waals surface area contributed by atoms with Gasteiger partial charge < -0.3 is 0 Å². The molecule has 0 saturated carbocycles. The fourth-order valence-electron chi connectivity index (χ4n) is 1.55. The number of hydrogen-bond acceptors (Lipinski definition) is 1. The number of rotatable bonds is 5. The van der Waals surface area contributed by atoms with Crippen LogP contribution >= 0.6 is 0 Å². The first-order valence-electron chi connectivity index (χ1n) is 4.95. The van der Waals surface area contributed by atoms with Crippen molar-refractivity contribution in [2.45, 2.75) is 39.7 Å². The number of hydrogen-bond donors (Lipinski definition) is 0. The Morgan fingerprint density at radius 2 is 2.21 bits per heavy atom. The van der Waals surface area contributed by atoms with Gasteiger partial charge in [-0.05, 0) is 18.4 Å². The summed E-state index contributed by atoms with van der Waals surface area (Å²) in [5, 5.41) is 3.80. The molecule has 0 aliphatic carbocycles. The molecule has 0 spiro atoms. The van der Waals surface area contributed by atoms with Crippen LogP contribution in [-0.2, 0) is 6.42 Å². The van der Waals surface area contributed by atoms with Gasteiger partial charge >= 0.3 is 6.55 Å².